The highest BCUT2D eigenvalue weighted by Crippen LogP contribution is 2.46. The zero-order valence-corrected chi connectivity index (χ0v) is 16.4. The molecule has 0 saturated heterocycles. The lowest BCUT2D eigenvalue weighted by atomic mass is 9.86. The minimum atomic E-state index is -0.554. The van der Waals surface area contributed by atoms with Crippen molar-refractivity contribution in [1.82, 2.24) is 9.97 Å². The van der Waals surface area contributed by atoms with Gasteiger partial charge in [0, 0.05) is 17.9 Å². The molecule has 0 unspecified atom stereocenters. The standard InChI is InChI=1S/C19H19N3O5S/c1-5-8-28-19-21-17-14(18(24)22-19)11(9-13(23)20-17)10-6-7-12(25-2)16(27-4)15(10)26-3/h1,6-7,11H,8-9H2,2-4H3,(H2,20,21,22,23,24)/t11-/m1/s1. The molecule has 0 fully saturated rings. The predicted octanol–water partition coefficient (Wildman–Crippen LogP) is 2.00. The number of carbonyl (C=O) groups excluding carboxylic acids is 1. The molecule has 0 spiro atoms. The van der Waals surface area contributed by atoms with Crippen LogP contribution in [0.25, 0.3) is 0 Å². The normalized spacial score (nSPS) is 15.2. The van der Waals surface area contributed by atoms with Crippen molar-refractivity contribution in [3.63, 3.8) is 0 Å². The van der Waals surface area contributed by atoms with Crippen LogP contribution >= 0.6 is 11.8 Å². The molecule has 1 aliphatic rings. The van der Waals surface area contributed by atoms with Gasteiger partial charge in [0.15, 0.2) is 16.7 Å². The fourth-order valence-electron chi connectivity index (χ4n) is 3.19. The topological polar surface area (TPSA) is 103 Å². The second-order valence-electron chi connectivity index (χ2n) is 5.85. The van der Waals surface area contributed by atoms with E-state index < -0.39 is 5.92 Å². The van der Waals surface area contributed by atoms with Gasteiger partial charge in [0.1, 0.15) is 5.82 Å². The largest absolute Gasteiger partial charge is 0.493 e. The summed E-state index contributed by atoms with van der Waals surface area (Å²) in [5.41, 5.74) is 0.647. The molecule has 0 radical (unpaired) electrons. The average Bonchev–Trinajstić information content (AvgIpc) is 2.69. The van der Waals surface area contributed by atoms with Gasteiger partial charge in [-0.15, -0.1) is 6.42 Å². The number of nitrogens with zero attached hydrogens (tertiary/aromatic N) is 1. The minimum absolute atomic E-state index is 0.0699. The molecule has 1 aromatic carbocycles. The number of amides is 1. The first-order valence-electron chi connectivity index (χ1n) is 8.33. The highest BCUT2D eigenvalue weighted by atomic mass is 32.2. The molecular formula is C19H19N3O5S. The second kappa shape index (κ2) is 8.27. The van der Waals surface area contributed by atoms with Crippen LogP contribution in [-0.4, -0.2) is 43.0 Å². The molecule has 3 rings (SSSR count). The molecule has 0 saturated carbocycles. The number of hydrogen-bond acceptors (Lipinski definition) is 7. The molecule has 2 aromatic rings. The molecule has 1 amide bonds. The third-order valence-electron chi connectivity index (χ3n) is 4.33. The number of carbonyl (C=O) groups is 1. The van der Waals surface area contributed by atoms with E-state index in [1.165, 1.54) is 33.1 Å². The summed E-state index contributed by atoms with van der Waals surface area (Å²) < 4.78 is 16.3. The van der Waals surface area contributed by atoms with Crippen molar-refractivity contribution in [1.29, 1.82) is 0 Å². The third kappa shape index (κ3) is 3.51. The Kier molecular flexibility index (Phi) is 5.80. The number of H-pyrrole nitrogens is 1. The summed E-state index contributed by atoms with van der Waals surface area (Å²) in [4.78, 5) is 32.2. The Balaban J connectivity index is 2.17. The van der Waals surface area contributed by atoms with Crippen molar-refractivity contribution in [3.8, 4) is 29.6 Å². The maximum absolute atomic E-state index is 12.8. The Morgan fingerprint density at radius 3 is 2.61 bits per heavy atom. The molecule has 0 aliphatic carbocycles. The molecule has 0 bridgehead atoms. The summed E-state index contributed by atoms with van der Waals surface area (Å²) >= 11 is 1.21. The molecule has 28 heavy (non-hydrogen) atoms. The van der Waals surface area contributed by atoms with Gasteiger partial charge in [-0.2, -0.15) is 0 Å². The molecule has 9 heteroatoms. The quantitative estimate of drug-likeness (QED) is 0.434. The van der Waals surface area contributed by atoms with Gasteiger partial charge in [-0.3, -0.25) is 9.59 Å². The van der Waals surface area contributed by atoms with E-state index in [1.54, 1.807) is 12.1 Å². The number of rotatable bonds is 6. The van der Waals surface area contributed by atoms with Gasteiger partial charge < -0.3 is 24.5 Å². The van der Waals surface area contributed by atoms with E-state index in [0.717, 1.165) is 0 Å². The lowest BCUT2D eigenvalue weighted by molar-refractivity contribution is -0.116. The fourth-order valence-corrected chi connectivity index (χ4v) is 3.73. The summed E-state index contributed by atoms with van der Waals surface area (Å²) in [6.45, 7) is 0. The first kappa shape index (κ1) is 19.6. The van der Waals surface area contributed by atoms with Crippen molar-refractivity contribution >= 4 is 23.5 Å². The van der Waals surface area contributed by atoms with E-state index in [9.17, 15) is 9.59 Å². The number of methoxy groups -OCH3 is 3. The second-order valence-corrected chi connectivity index (χ2v) is 6.82. The number of hydrogen-bond donors (Lipinski definition) is 2. The van der Waals surface area contributed by atoms with E-state index in [-0.39, 0.29) is 23.7 Å². The van der Waals surface area contributed by atoms with E-state index in [4.69, 9.17) is 20.6 Å². The first-order chi connectivity index (χ1) is 13.5. The van der Waals surface area contributed by atoms with Crippen molar-refractivity contribution in [3.05, 3.63) is 33.6 Å². The Morgan fingerprint density at radius 2 is 1.96 bits per heavy atom. The number of aromatic nitrogens is 2. The molecule has 2 N–H and O–H groups in total. The Morgan fingerprint density at radius 1 is 1.21 bits per heavy atom. The van der Waals surface area contributed by atoms with Crippen molar-refractivity contribution < 1.29 is 19.0 Å². The highest BCUT2D eigenvalue weighted by molar-refractivity contribution is 7.99. The van der Waals surface area contributed by atoms with E-state index in [1.807, 2.05) is 0 Å². The van der Waals surface area contributed by atoms with Crippen LogP contribution in [0.3, 0.4) is 0 Å². The first-order valence-corrected chi connectivity index (χ1v) is 9.31. The molecular weight excluding hydrogens is 382 g/mol. The van der Waals surface area contributed by atoms with Gasteiger partial charge in [0.2, 0.25) is 11.7 Å². The molecule has 1 atom stereocenters. The molecule has 1 aromatic heterocycles. The van der Waals surface area contributed by atoms with Crippen LogP contribution in [0.2, 0.25) is 0 Å². The molecule has 1 aliphatic heterocycles. The van der Waals surface area contributed by atoms with E-state index in [2.05, 4.69) is 21.2 Å². The molecule has 146 valence electrons. The predicted molar refractivity (Wildman–Crippen MR) is 106 cm³/mol. The third-order valence-corrected chi connectivity index (χ3v) is 5.11. The fraction of sp³-hybridized carbons (Fsp3) is 0.316. The van der Waals surface area contributed by atoms with Crippen LogP contribution in [0.15, 0.2) is 22.1 Å². The minimum Gasteiger partial charge on any atom is -0.493 e. The Hall–Kier alpha value is -3.12. The maximum atomic E-state index is 12.8. The molecule has 2 heterocycles. The van der Waals surface area contributed by atoms with Crippen LogP contribution in [0, 0.1) is 12.3 Å². The van der Waals surface area contributed by atoms with Crippen LogP contribution in [-0.2, 0) is 4.79 Å². The maximum Gasteiger partial charge on any atom is 0.257 e. The molecule has 8 nitrogen and oxygen atoms in total. The van der Waals surface area contributed by atoms with Gasteiger partial charge in [-0.05, 0) is 6.07 Å². The van der Waals surface area contributed by atoms with Gasteiger partial charge in [0.25, 0.3) is 5.56 Å². The summed E-state index contributed by atoms with van der Waals surface area (Å²) in [7, 11) is 4.51. The lowest BCUT2D eigenvalue weighted by Crippen LogP contribution is -2.31. The number of benzene rings is 1. The van der Waals surface area contributed by atoms with Gasteiger partial charge in [0.05, 0.1) is 32.6 Å². The van der Waals surface area contributed by atoms with Crippen LogP contribution in [0.5, 0.6) is 17.2 Å². The number of ether oxygens (including phenoxy) is 3. The van der Waals surface area contributed by atoms with Gasteiger partial charge >= 0.3 is 0 Å². The Labute approximate surface area is 166 Å². The summed E-state index contributed by atoms with van der Waals surface area (Å²) in [6, 6.07) is 3.47. The Bertz CT molecular complexity index is 1010. The zero-order chi connectivity index (χ0) is 20.3. The average molecular weight is 401 g/mol. The number of thioether (sulfide) groups is 1. The number of fused-ring (bicyclic) bond motifs is 1. The number of anilines is 1. The van der Waals surface area contributed by atoms with Crippen molar-refractivity contribution in [2.45, 2.75) is 17.5 Å². The monoisotopic (exact) mass is 401 g/mol. The highest BCUT2D eigenvalue weighted by Gasteiger charge is 2.34. The number of nitrogens with one attached hydrogen (secondary N) is 2. The van der Waals surface area contributed by atoms with Crippen molar-refractivity contribution in [2.75, 3.05) is 32.4 Å². The lowest BCUT2D eigenvalue weighted by Gasteiger charge is -2.26. The number of terminal acetylenes is 1. The summed E-state index contributed by atoms with van der Waals surface area (Å²) in [6.07, 6.45) is 5.33. The van der Waals surface area contributed by atoms with Gasteiger partial charge in [-0.25, -0.2) is 4.98 Å². The smallest absolute Gasteiger partial charge is 0.257 e. The summed E-state index contributed by atoms with van der Waals surface area (Å²) in [5, 5.41) is 3.02. The van der Waals surface area contributed by atoms with Gasteiger partial charge in [-0.1, -0.05) is 23.7 Å². The van der Waals surface area contributed by atoms with E-state index in [0.29, 0.717) is 39.3 Å². The van der Waals surface area contributed by atoms with Crippen LogP contribution in [0.1, 0.15) is 23.5 Å². The SMILES string of the molecule is C#CCSc1nc2c(c(=O)[nH]1)[C@@H](c1ccc(OC)c(OC)c1OC)CC(=O)N2. The number of aromatic amines is 1. The summed E-state index contributed by atoms with van der Waals surface area (Å²) in [5.74, 6) is 3.51. The zero-order valence-electron chi connectivity index (χ0n) is 15.6. The van der Waals surface area contributed by atoms with E-state index >= 15 is 0 Å². The van der Waals surface area contributed by atoms with Crippen molar-refractivity contribution in [2.24, 2.45) is 0 Å². The van der Waals surface area contributed by atoms with Crippen LogP contribution in [0.4, 0.5) is 5.82 Å². The van der Waals surface area contributed by atoms with Crippen LogP contribution < -0.4 is 25.1 Å².